The Morgan fingerprint density at radius 3 is 1.63 bits per heavy atom. The van der Waals surface area contributed by atoms with Crippen molar-refractivity contribution in [2.45, 2.75) is 155 Å². The molecular formula is C37H64O6. The summed E-state index contributed by atoms with van der Waals surface area (Å²) in [5.41, 5.74) is 0. The van der Waals surface area contributed by atoms with Gasteiger partial charge in [-0.25, -0.2) is 0 Å². The summed E-state index contributed by atoms with van der Waals surface area (Å²) in [5.74, 6) is 0.118. The minimum atomic E-state index is -0.807. The summed E-state index contributed by atoms with van der Waals surface area (Å²) in [5, 5.41) is 18.7. The number of esters is 2. The minimum absolute atomic E-state index is 0.0968. The molecule has 0 radical (unpaired) electrons. The van der Waals surface area contributed by atoms with Gasteiger partial charge in [0.2, 0.25) is 0 Å². The Bertz CT molecular complexity index is 765. The van der Waals surface area contributed by atoms with E-state index in [-0.39, 0.29) is 37.7 Å². The van der Waals surface area contributed by atoms with Crippen molar-refractivity contribution in [3.63, 3.8) is 0 Å². The minimum Gasteiger partial charge on any atom is -0.462 e. The molecule has 0 aliphatic heterocycles. The summed E-state index contributed by atoms with van der Waals surface area (Å²) in [6.45, 7) is 5.92. The molecule has 0 fully saturated rings. The van der Waals surface area contributed by atoms with Crippen molar-refractivity contribution >= 4 is 11.9 Å². The molecule has 0 saturated carbocycles. The van der Waals surface area contributed by atoms with Gasteiger partial charge in [-0.2, -0.15) is 0 Å². The van der Waals surface area contributed by atoms with Crippen molar-refractivity contribution in [3.05, 3.63) is 48.6 Å². The number of carbonyl (C=O) groups is 2. The highest BCUT2D eigenvalue weighted by molar-refractivity contribution is 5.70. The number of carbonyl (C=O) groups excluding carboxylic acids is 2. The van der Waals surface area contributed by atoms with Gasteiger partial charge < -0.3 is 19.7 Å². The second-order valence-corrected chi connectivity index (χ2v) is 12.0. The van der Waals surface area contributed by atoms with Gasteiger partial charge in [-0.3, -0.25) is 9.59 Å². The molecule has 6 heteroatoms. The standard InChI is InChI=1S/C37H64O6/c1-33(2)27-23-19-15-13-14-17-21-25-29-36(40)42-32-35(31-38)43-37(41)30-26-22-18-12-10-8-6-4-5-7-9-11-16-20-24-28-34(3)39/h5-8,11-12,16,18,33-35,38-39H,4,9-10,13-15,17,19-32H2,1-3H3/b7-5-,8-6-,16-11-,18-12-/t34-,35-/m0/s1. The van der Waals surface area contributed by atoms with E-state index in [9.17, 15) is 19.8 Å². The van der Waals surface area contributed by atoms with Crippen LogP contribution in [-0.2, 0) is 19.1 Å². The van der Waals surface area contributed by atoms with Crippen LogP contribution in [0.25, 0.3) is 0 Å². The van der Waals surface area contributed by atoms with Gasteiger partial charge in [-0.15, -0.1) is 0 Å². The van der Waals surface area contributed by atoms with Crippen LogP contribution in [0, 0.1) is 5.92 Å². The van der Waals surface area contributed by atoms with Gasteiger partial charge in [0.1, 0.15) is 6.61 Å². The van der Waals surface area contributed by atoms with Crippen LogP contribution in [0.5, 0.6) is 0 Å². The second kappa shape index (κ2) is 31.3. The molecule has 0 aliphatic carbocycles. The summed E-state index contributed by atoms with van der Waals surface area (Å²) >= 11 is 0. The van der Waals surface area contributed by atoms with Gasteiger partial charge in [0.15, 0.2) is 6.10 Å². The normalized spacial score (nSPS) is 13.6. The predicted octanol–water partition coefficient (Wildman–Crippen LogP) is 9.11. The average Bonchev–Trinajstić information content (AvgIpc) is 2.97. The molecule has 0 aromatic heterocycles. The maximum atomic E-state index is 12.1. The van der Waals surface area contributed by atoms with E-state index in [1.807, 2.05) is 6.92 Å². The summed E-state index contributed by atoms with van der Waals surface area (Å²) in [6, 6.07) is 0. The first-order chi connectivity index (χ1) is 20.8. The fraction of sp³-hybridized carbons (Fsp3) is 0.730. The highest BCUT2D eigenvalue weighted by Gasteiger charge is 2.15. The van der Waals surface area contributed by atoms with E-state index in [0.717, 1.165) is 70.1 Å². The van der Waals surface area contributed by atoms with Crippen molar-refractivity contribution in [3.8, 4) is 0 Å². The van der Waals surface area contributed by atoms with Crippen molar-refractivity contribution < 1.29 is 29.3 Å². The fourth-order valence-corrected chi connectivity index (χ4v) is 4.45. The van der Waals surface area contributed by atoms with Crippen LogP contribution in [0.3, 0.4) is 0 Å². The van der Waals surface area contributed by atoms with Gasteiger partial charge in [0.05, 0.1) is 12.7 Å². The third-order valence-electron chi connectivity index (χ3n) is 7.07. The van der Waals surface area contributed by atoms with Crippen LogP contribution in [-0.4, -0.2) is 47.6 Å². The third-order valence-corrected chi connectivity index (χ3v) is 7.07. The maximum Gasteiger partial charge on any atom is 0.306 e. The molecule has 0 aliphatic rings. The van der Waals surface area contributed by atoms with Crippen molar-refractivity contribution in [1.29, 1.82) is 0 Å². The smallest absolute Gasteiger partial charge is 0.306 e. The SMILES string of the molecule is CC(C)CCCCCCCCCCC(=O)OC[C@H](CO)OC(=O)CCC/C=C\C/C=C\C/C=C\C/C=C\CCC[C@H](C)O. The van der Waals surface area contributed by atoms with E-state index >= 15 is 0 Å². The summed E-state index contributed by atoms with van der Waals surface area (Å²) in [4.78, 5) is 24.1. The highest BCUT2D eigenvalue weighted by Crippen LogP contribution is 2.13. The quantitative estimate of drug-likeness (QED) is 0.0502. The summed E-state index contributed by atoms with van der Waals surface area (Å²) in [7, 11) is 0. The van der Waals surface area contributed by atoms with Crippen molar-refractivity contribution in [2.75, 3.05) is 13.2 Å². The monoisotopic (exact) mass is 604 g/mol. The van der Waals surface area contributed by atoms with E-state index in [1.165, 1.54) is 38.5 Å². The average molecular weight is 605 g/mol. The molecule has 6 nitrogen and oxygen atoms in total. The molecule has 0 bridgehead atoms. The molecule has 0 heterocycles. The van der Waals surface area contributed by atoms with E-state index in [2.05, 4.69) is 62.5 Å². The van der Waals surface area contributed by atoms with Crippen LogP contribution in [0.2, 0.25) is 0 Å². The largest absolute Gasteiger partial charge is 0.462 e. The Morgan fingerprint density at radius 1 is 0.605 bits per heavy atom. The van der Waals surface area contributed by atoms with Crippen LogP contribution in [0.15, 0.2) is 48.6 Å². The van der Waals surface area contributed by atoms with Crippen LogP contribution < -0.4 is 0 Å². The van der Waals surface area contributed by atoms with Gasteiger partial charge in [-0.05, 0) is 70.6 Å². The van der Waals surface area contributed by atoms with Crippen LogP contribution in [0.4, 0.5) is 0 Å². The zero-order valence-corrected chi connectivity index (χ0v) is 27.7. The molecule has 2 N–H and O–H groups in total. The molecule has 0 amide bonds. The van der Waals surface area contributed by atoms with E-state index in [4.69, 9.17) is 9.47 Å². The number of rotatable bonds is 29. The first-order valence-electron chi connectivity index (χ1n) is 17.1. The van der Waals surface area contributed by atoms with E-state index < -0.39 is 6.10 Å². The summed E-state index contributed by atoms with van der Waals surface area (Å²) in [6.07, 6.45) is 34.5. The molecule has 2 atom stereocenters. The lowest BCUT2D eigenvalue weighted by Crippen LogP contribution is -2.28. The van der Waals surface area contributed by atoms with Gasteiger partial charge >= 0.3 is 11.9 Å². The lowest BCUT2D eigenvalue weighted by atomic mass is 10.0. The molecule has 0 aromatic rings. The van der Waals surface area contributed by atoms with Crippen LogP contribution in [0.1, 0.15) is 143 Å². The third kappa shape index (κ3) is 32.6. The van der Waals surface area contributed by atoms with Crippen molar-refractivity contribution in [2.24, 2.45) is 5.92 Å². The number of hydrogen-bond acceptors (Lipinski definition) is 6. The first-order valence-corrected chi connectivity index (χ1v) is 17.1. The molecule has 248 valence electrons. The van der Waals surface area contributed by atoms with Gasteiger partial charge in [0.25, 0.3) is 0 Å². The zero-order valence-electron chi connectivity index (χ0n) is 27.7. The van der Waals surface area contributed by atoms with Gasteiger partial charge in [0, 0.05) is 12.8 Å². The molecule has 43 heavy (non-hydrogen) atoms. The number of ether oxygens (including phenoxy) is 2. The Hall–Kier alpha value is -2.18. The number of hydrogen-bond donors (Lipinski definition) is 2. The molecule has 0 rings (SSSR count). The Labute approximate surface area is 263 Å². The Balaban J connectivity index is 3.73. The molecular weight excluding hydrogens is 540 g/mol. The second-order valence-electron chi connectivity index (χ2n) is 12.0. The molecule has 0 unspecified atom stereocenters. The Morgan fingerprint density at radius 2 is 1.09 bits per heavy atom. The maximum absolute atomic E-state index is 12.1. The molecule has 0 aromatic carbocycles. The number of aliphatic hydroxyl groups is 2. The fourth-order valence-electron chi connectivity index (χ4n) is 4.45. The lowest BCUT2D eigenvalue weighted by Gasteiger charge is -2.15. The topological polar surface area (TPSA) is 93.1 Å². The van der Waals surface area contributed by atoms with Crippen molar-refractivity contribution in [1.82, 2.24) is 0 Å². The summed E-state index contributed by atoms with van der Waals surface area (Å²) < 4.78 is 10.5. The highest BCUT2D eigenvalue weighted by atomic mass is 16.6. The Kier molecular flexibility index (Phi) is 29.7. The zero-order chi connectivity index (χ0) is 31.8. The predicted molar refractivity (Wildman–Crippen MR) is 179 cm³/mol. The number of unbranched alkanes of at least 4 members (excludes halogenated alkanes) is 9. The van der Waals surface area contributed by atoms with Gasteiger partial charge in [-0.1, -0.05) is 114 Å². The van der Waals surface area contributed by atoms with E-state index in [0.29, 0.717) is 12.8 Å². The molecule has 0 saturated heterocycles. The van der Waals surface area contributed by atoms with Crippen LogP contribution >= 0.6 is 0 Å². The van der Waals surface area contributed by atoms with E-state index in [1.54, 1.807) is 0 Å². The lowest BCUT2D eigenvalue weighted by molar-refractivity contribution is -0.161. The molecule has 0 spiro atoms. The number of aliphatic hydroxyl groups excluding tert-OH is 2. The first kappa shape index (κ1) is 40.8. The number of allylic oxidation sites excluding steroid dienone is 8.